The molecule has 0 saturated carbocycles. The van der Waals surface area contributed by atoms with Crippen LogP contribution in [0.3, 0.4) is 0 Å². The fraction of sp³-hybridized carbons (Fsp3) is 0.722. The molecule has 0 aliphatic carbocycles. The minimum atomic E-state index is -2.36. The van der Waals surface area contributed by atoms with Gasteiger partial charge in [-0.1, -0.05) is 34.6 Å². The molecule has 0 saturated heterocycles. The standard InChI is InChI=1S/C18H34O4Si2/c1-17(2,3)24(8,9)22-13-15-10-16(19)14(12-21-15)11-18(4,5)23(6,7)20/h10,12,20H,11,13H2,1-9H3. The van der Waals surface area contributed by atoms with E-state index in [0.29, 0.717) is 24.4 Å². The summed E-state index contributed by atoms with van der Waals surface area (Å²) in [4.78, 5) is 22.8. The summed E-state index contributed by atoms with van der Waals surface area (Å²) in [7, 11) is -4.24. The molecule has 0 spiro atoms. The Labute approximate surface area is 148 Å². The number of hydrogen-bond acceptors (Lipinski definition) is 4. The van der Waals surface area contributed by atoms with Gasteiger partial charge in [0.15, 0.2) is 22.1 Å². The Balaban J connectivity index is 2.89. The van der Waals surface area contributed by atoms with Crippen molar-refractivity contribution >= 4 is 16.6 Å². The Kier molecular flexibility index (Phi) is 6.14. The molecular weight excluding hydrogens is 336 g/mol. The molecule has 0 aliphatic heterocycles. The van der Waals surface area contributed by atoms with E-state index in [1.54, 1.807) is 0 Å². The van der Waals surface area contributed by atoms with E-state index in [1.165, 1.54) is 12.3 Å². The molecule has 138 valence electrons. The lowest BCUT2D eigenvalue weighted by Gasteiger charge is -2.36. The highest BCUT2D eigenvalue weighted by Crippen LogP contribution is 2.38. The van der Waals surface area contributed by atoms with E-state index in [-0.39, 0.29) is 15.5 Å². The Morgan fingerprint density at radius 2 is 1.67 bits per heavy atom. The van der Waals surface area contributed by atoms with Crippen LogP contribution in [-0.4, -0.2) is 21.4 Å². The quantitative estimate of drug-likeness (QED) is 0.739. The number of hydrogen-bond donors (Lipinski definition) is 1. The summed E-state index contributed by atoms with van der Waals surface area (Å²) in [6.45, 7) is 19.0. The van der Waals surface area contributed by atoms with Crippen molar-refractivity contribution in [1.82, 2.24) is 0 Å². The largest absolute Gasteiger partial charge is 0.466 e. The maximum atomic E-state index is 12.4. The zero-order valence-corrected chi connectivity index (χ0v) is 18.7. The molecule has 0 radical (unpaired) electrons. The van der Waals surface area contributed by atoms with Crippen LogP contribution in [0.5, 0.6) is 0 Å². The Hall–Kier alpha value is -0.696. The van der Waals surface area contributed by atoms with Crippen LogP contribution >= 0.6 is 0 Å². The van der Waals surface area contributed by atoms with Gasteiger partial charge in [-0.25, -0.2) is 0 Å². The lowest BCUT2D eigenvalue weighted by atomic mass is 10.0. The van der Waals surface area contributed by atoms with Crippen molar-refractivity contribution in [3.05, 3.63) is 33.9 Å². The van der Waals surface area contributed by atoms with Crippen molar-refractivity contribution < 1.29 is 13.6 Å². The summed E-state index contributed by atoms with van der Waals surface area (Å²) >= 11 is 0. The molecule has 1 N–H and O–H groups in total. The second-order valence-electron chi connectivity index (χ2n) is 9.40. The first-order chi connectivity index (χ1) is 10.6. The van der Waals surface area contributed by atoms with Gasteiger partial charge in [-0.15, -0.1) is 0 Å². The normalized spacial score (nSPS) is 14.1. The Bertz CT molecular complexity index is 619. The van der Waals surface area contributed by atoms with Crippen LogP contribution in [-0.2, 0) is 17.5 Å². The molecule has 1 aromatic rings. The van der Waals surface area contributed by atoms with Gasteiger partial charge in [-0.05, 0) is 42.7 Å². The molecule has 1 rings (SSSR count). The molecule has 24 heavy (non-hydrogen) atoms. The van der Waals surface area contributed by atoms with Crippen LogP contribution in [0.15, 0.2) is 21.5 Å². The van der Waals surface area contributed by atoms with Crippen LogP contribution in [0.25, 0.3) is 0 Å². The average Bonchev–Trinajstić information content (AvgIpc) is 2.36. The van der Waals surface area contributed by atoms with Crippen LogP contribution in [0.2, 0.25) is 36.3 Å². The third kappa shape index (κ3) is 5.15. The predicted molar refractivity (Wildman–Crippen MR) is 104 cm³/mol. The van der Waals surface area contributed by atoms with E-state index in [1.807, 2.05) is 26.9 Å². The van der Waals surface area contributed by atoms with Gasteiger partial charge in [-0.2, -0.15) is 0 Å². The second kappa shape index (κ2) is 6.90. The average molecular weight is 371 g/mol. The summed E-state index contributed by atoms with van der Waals surface area (Å²) < 4.78 is 11.7. The van der Waals surface area contributed by atoms with Gasteiger partial charge in [0.2, 0.25) is 0 Å². The topological polar surface area (TPSA) is 59.7 Å². The molecule has 0 fully saturated rings. The van der Waals surface area contributed by atoms with Gasteiger partial charge in [0, 0.05) is 11.6 Å². The van der Waals surface area contributed by atoms with Crippen LogP contribution in [0, 0.1) is 0 Å². The lowest BCUT2D eigenvalue weighted by molar-refractivity contribution is 0.242. The van der Waals surface area contributed by atoms with Crippen LogP contribution < -0.4 is 5.43 Å². The summed E-state index contributed by atoms with van der Waals surface area (Å²) in [6, 6.07) is 1.53. The van der Waals surface area contributed by atoms with Gasteiger partial charge < -0.3 is 13.6 Å². The maximum absolute atomic E-state index is 12.4. The first kappa shape index (κ1) is 21.3. The summed E-state index contributed by atoms with van der Waals surface area (Å²) in [6.07, 6.45) is 2.06. The highest BCUT2D eigenvalue weighted by Gasteiger charge is 2.39. The van der Waals surface area contributed by atoms with Crippen molar-refractivity contribution in [2.45, 2.75) is 83.9 Å². The molecule has 0 atom stereocenters. The minimum Gasteiger partial charge on any atom is -0.466 e. The molecule has 0 unspecified atom stereocenters. The van der Waals surface area contributed by atoms with Gasteiger partial charge >= 0.3 is 0 Å². The SMILES string of the molecule is CC(C)(Cc1coc(CO[Si](C)(C)C(C)(C)C)cc1=O)[Si](C)(C)O. The van der Waals surface area contributed by atoms with Crippen LogP contribution in [0.4, 0.5) is 0 Å². The van der Waals surface area contributed by atoms with E-state index in [0.717, 1.165) is 0 Å². The molecule has 1 aromatic heterocycles. The first-order valence-corrected chi connectivity index (χ1v) is 14.4. The zero-order valence-electron chi connectivity index (χ0n) is 16.7. The Morgan fingerprint density at radius 3 is 2.08 bits per heavy atom. The predicted octanol–water partition coefficient (Wildman–Crippen LogP) is 4.68. The van der Waals surface area contributed by atoms with Gasteiger partial charge in [-0.3, -0.25) is 4.79 Å². The molecule has 6 heteroatoms. The third-order valence-corrected chi connectivity index (χ3v) is 13.6. The molecule has 0 aromatic carbocycles. The van der Waals surface area contributed by atoms with Crippen molar-refractivity contribution in [1.29, 1.82) is 0 Å². The van der Waals surface area contributed by atoms with Crippen LogP contribution in [0.1, 0.15) is 45.9 Å². The zero-order chi connectivity index (χ0) is 19.0. The van der Waals surface area contributed by atoms with E-state index >= 15 is 0 Å². The molecule has 0 amide bonds. The molecule has 0 bridgehead atoms. The first-order valence-electron chi connectivity index (χ1n) is 8.54. The van der Waals surface area contributed by atoms with Gasteiger partial charge in [0.1, 0.15) is 5.76 Å². The molecule has 1 heterocycles. The third-order valence-electron chi connectivity index (χ3n) is 5.63. The molecular formula is C18H34O4Si2. The van der Waals surface area contributed by atoms with Crippen molar-refractivity contribution in [3.63, 3.8) is 0 Å². The van der Waals surface area contributed by atoms with E-state index in [9.17, 15) is 9.59 Å². The molecule has 4 nitrogen and oxygen atoms in total. The fourth-order valence-corrected chi connectivity index (χ4v) is 3.40. The van der Waals surface area contributed by atoms with Crippen molar-refractivity contribution in [2.75, 3.05) is 0 Å². The highest BCUT2D eigenvalue weighted by molar-refractivity contribution is 6.74. The summed E-state index contributed by atoms with van der Waals surface area (Å²) in [5.74, 6) is 0.562. The van der Waals surface area contributed by atoms with E-state index < -0.39 is 16.6 Å². The molecule has 0 aliphatic rings. The van der Waals surface area contributed by atoms with E-state index in [2.05, 4.69) is 33.9 Å². The fourth-order valence-electron chi connectivity index (χ4n) is 1.84. The van der Waals surface area contributed by atoms with Crippen molar-refractivity contribution in [2.24, 2.45) is 0 Å². The minimum absolute atomic E-state index is 0.0404. The maximum Gasteiger partial charge on any atom is 0.192 e. The van der Waals surface area contributed by atoms with E-state index in [4.69, 9.17) is 8.84 Å². The van der Waals surface area contributed by atoms with Gasteiger partial charge in [0.25, 0.3) is 0 Å². The summed E-state index contributed by atoms with van der Waals surface area (Å²) in [5, 5.41) is -0.171. The lowest BCUT2D eigenvalue weighted by Crippen LogP contribution is -2.41. The highest BCUT2D eigenvalue weighted by atomic mass is 28.4. The summed E-state index contributed by atoms with van der Waals surface area (Å²) in [5.41, 5.74) is 0.576. The monoisotopic (exact) mass is 370 g/mol. The Morgan fingerprint density at radius 1 is 1.12 bits per heavy atom. The van der Waals surface area contributed by atoms with Gasteiger partial charge in [0.05, 0.1) is 12.9 Å². The van der Waals surface area contributed by atoms with Crippen molar-refractivity contribution in [3.8, 4) is 0 Å². The second-order valence-corrected chi connectivity index (χ2v) is 18.7. The smallest absolute Gasteiger partial charge is 0.192 e. The number of rotatable bonds is 6.